The number of carboxylic acid groups (broad SMARTS) is 1. The van der Waals surface area contributed by atoms with Gasteiger partial charge < -0.3 is 20.6 Å². The van der Waals surface area contributed by atoms with Gasteiger partial charge in [-0.25, -0.2) is 4.79 Å². The molecule has 0 aromatic heterocycles. The standard InChI is InChI=1S/C18H25NO6/c1-11(7-15(22)19-14(10-20)16(23)24)5-6-18(25)12(2)8-13(21)9-17(18,3)4/h5-8,14,20,25H,9-10H2,1-4H3,(H,19,22)(H,23,24)/b6-5+,11-7+. The minimum Gasteiger partial charge on any atom is -0.480 e. The first kappa shape index (κ1) is 20.8. The van der Waals surface area contributed by atoms with Gasteiger partial charge in [0.15, 0.2) is 11.8 Å². The van der Waals surface area contributed by atoms with Crippen LogP contribution in [-0.4, -0.2) is 51.2 Å². The van der Waals surface area contributed by atoms with Gasteiger partial charge >= 0.3 is 5.97 Å². The summed E-state index contributed by atoms with van der Waals surface area (Å²) in [5.74, 6) is -2.04. The number of nitrogens with one attached hydrogen (secondary N) is 1. The Morgan fingerprint density at radius 3 is 2.48 bits per heavy atom. The Bertz CT molecular complexity index is 658. The maximum absolute atomic E-state index is 11.8. The van der Waals surface area contributed by atoms with Crippen LogP contribution < -0.4 is 5.32 Å². The molecule has 0 spiro atoms. The summed E-state index contributed by atoms with van der Waals surface area (Å²) in [6.45, 7) is 6.16. The highest BCUT2D eigenvalue weighted by Gasteiger charge is 2.46. The summed E-state index contributed by atoms with van der Waals surface area (Å²) in [4.78, 5) is 34.3. The molecule has 1 aliphatic carbocycles. The second kappa shape index (κ2) is 7.76. The number of carbonyl (C=O) groups excluding carboxylic acids is 2. The van der Waals surface area contributed by atoms with E-state index in [4.69, 9.17) is 10.2 Å². The molecule has 0 saturated heterocycles. The third-order valence-electron chi connectivity index (χ3n) is 4.37. The van der Waals surface area contributed by atoms with E-state index in [2.05, 4.69) is 5.32 Å². The average Bonchev–Trinajstić information content (AvgIpc) is 2.47. The molecule has 2 unspecified atom stereocenters. The minimum absolute atomic E-state index is 0.0454. The first-order valence-corrected chi connectivity index (χ1v) is 7.88. The normalized spacial score (nSPS) is 24.8. The van der Waals surface area contributed by atoms with Crippen molar-refractivity contribution in [2.75, 3.05) is 6.61 Å². The quantitative estimate of drug-likeness (QED) is 0.413. The Kier molecular flexibility index (Phi) is 6.45. The van der Waals surface area contributed by atoms with Crippen molar-refractivity contribution >= 4 is 17.7 Å². The van der Waals surface area contributed by atoms with Crippen LogP contribution in [0.4, 0.5) is 0 Å². The smallest absolute Gasteiger partial charge is 0.328 e. The fourth-order valence-corrected chi connectivity index (χ4v) is 2.77. The number of hydrogen-bond acceptors (Lipinski definition) is 5. The fraction of sp³-hybridized carbons (Fsp3) is 0.500. The molecule has 1 amide bonds. The zero-order chi connectivity index (χ0) is 19.4. The number of carbonyl (C=O) groups is 3. The lowest BCUT2D eigenvalue weighted by Crippen LogP contribution is -2.48. The molecule has 0 aromatic rings. The zero-order valence-corrected chi connectivity index (χ0v) is 14.9. The van der Waals surface area contributed by atoms with E-state index in [1.807, 2.05) is 0 Å². The Morgan fingerprint density at radius 1 is 1.40 bits per heavy atom. The van der Waals surface area contributed by atoms with Gasteiger partial charge in [-0.15, -0.1) is 0 Å². The zero-order valence-electron chi connectivity index (χ0n) is 14.9. The van der Waals surface area contributed by atoms with Crippen molar-refractivity contribution in [3.63, 3.8) is 0 Å². The highest BCUT2D eigenvalue weighted by atomic mass is 16.4. The molecule has 2 atom stereocenters. The summed E-state index contributed by atoms with van der Waals surface area (Å²) in [6.07, 6.45) is 5.87. The Labute approximate surface area is 146 Å². The van der Waals surface area contributed by atoms with Gasteiger partial charge in [-0.1, -0.05) is 19.9 Å². The van der Waals surface area contributed by atoms with Gasteiger partial charge in [0.05, 0.1) is 6.61 Å². The number of aliphatic hydroxyl groups excluding tert-OH is 1. The van der Waals surface area contributed by atoms with Gasteiger partial charge in [0.1, 0.15) is 5.60 Å². The first-order chi connectivity index (χ1) is 11.4. The number of amides is 1. The predicted octanol–water partition coefficient (Wildman–Crippen LogP) is 0.727. The molecular formula is C18H25NO6. The van der Waals surface area contributed by atoms with Crippen molar-refractivity contribution in [2.24, 2.45) is 5.41 Å². The van der Waals surface area contributed by atoms with Gasteiger partial charge in [-0.05, 0) is 37.1 Å². The van der Waals surface area contributed by atoms with Gasteiger partial charge in [0.25, 0.3) is 0 Å². The number of ketones is 1. The number of rotatable bonds is 6. The number of allylic oxidation sites excluding steroid dienone is 3. The van der Waals surface area contributed by atoms with Gasteiger partial charge in [-0.3, -0.25) is 9.59 Å². The molecule has 0 heterocycles. The van der Waals surface area contributed by atoms with E-state index in [1.165, 1.54) is 18.2 Å². The Balaban J connectivity index is 2.96. The summed E-state index contributed by atoms with van der Waals surface area (Å²) in [6, 6.07) is -1.38. The second-order valence-corrected chi connectivity index (χ2v) is 6.92. The van der Waals surface area contributed by atoms with Crippen LogP contribution in [0.5, 0.6) is 0 Å². The summed E-state index contributed by atoms with van der Waals surface area (Å²) in [5.41, 5.74) is -1.03. The molecule has 0 aliphatic heterocycles. The lowest BCUT2D eigenvalue weighted by Gasteiger charge is -2.44. The average molecular weight is 351 g/mol. The summed E-state index contributed by atoms with van der Waals surface area (Å²) in [7, 11) is 0. The largest absolute Gasteiger partial charge is 0.480 e. The van der Waals surface area contributed by atoms with Crippen molar-refractivity contribution in [1.82, 2.24) is 5.32 Å². The van der Waals surface area contributed by atoms with Crippen LogP contribution in [0.1, 0.15) is 34.1 Å². The number of aliphatic hydroxyl groups is 2. The van der Waals surface area contributed by atoms with E-state index in [0.717, 1.165) is 0 Å². The van der Waals surface area contributed by atoms with Gasteiger partial charge in [0, 0.05) is 17.9 Å². The molecule has 138 valence electrons. The van der Waals surface area contributed by atoms with E-state index in [9.17, 15) is 19.5 Å². The highest BCUT2D eigenvalue weighted by Crippen LogP contribution is 2.44. The molecular weight excluding hydrogens is 326 g/mol. The van der Waals surface area contributed by atoms with Crippen LogP contribution in [0.25, 0.3) is 0 Å². The monoisotopic (exact) mass is 351 g/mol. The second-order valence-electron chi connectivity index (χ2n) is 6.92. The number of hydrogen-bond donors (Lipinski definition) is 4. The Morgan fingerprint density at radius 2 is 2.00 bits per heavy atom. The van der Waals surface area contributed by atoms with E-state index in [1.54, 1.807) is 33.8 Å². The van der Waals surface area contributed by atoms with Crippen LogP contribution in [-0.2, 0) is 14.4 Å². The van der Waals surface area contributed by atoms with E-state index in [0.29, 0.717) is 11.1 Å². The summed E-state index contributed by atoms with van der Waals surface area (Å²) >= 11 is 0. The Hall–Kier alpha value is -2.25. The third-order valence-corrected chi connectivity index (χ3v) is 4.37. The van der Waals surface area contributed by atoms with E-state index >= 15 is 0 Å². The minimum atomic E-state index is -1.38. The predicted molar refractivity (Wildman–Crippen MR) is 91.7 cm³/mol. The molecule has 0 fully saturated rings. The van der Waals surface area contributed by atoms with Crippen molar-refractivity contribution in [3.8, 4) is 0 Å². The van der Waals surface area contributed by atoms with Crippen LogP contribution >= 0.6 is 0 Å². The molecule has 1 rings (SSSR count). The summed E-state index contributed by atoms with van der Waals surface area (Å²) in [5, 5.41) is 30.8. The van der Waals surface area contributed by atoms with Crippen molar-refractivity contribution in [1.29, 1.82) is 0 Å². The summed E-state index contributed by atoms with van der Waals surface area (Å²) < 4.78 is 0. The maximum atomic E-state index is 11.8. The molecule has 7 heteroatoms. The van der Waals surface area contributed by atoms with Crippen molar-refractivity contribution in [3.05, 3.63) is 35.5 Å². The molecule has 1 aliphatic rings. The fourth-order valence-electron chi connectivity index (χ4n) is 2.77. The van der Waals surface area contributed by atoms with Gasteiger partial charge in [-0.2, -0.15) is 0 Å². The van der Waals surface area contributed by atoms with E-state index in [-0.39, 0.29) is 12.2 Å². The van der Waals surface area contributed by atoms with E-state index < -0.39 is 35.5 Å². The third kappa shape index (κ3) is 4.87. The molecule has 7 nitrogen and oxygen atoms in total. The SMILES string of the molecule is CC1=CC(=O)CC(C)(C)C1(O)/C=C/C(C)=C/C(=O)NC(CO)C(=O)O. The molecule has 0 radical (unpaired) electrons. The van der Waals surface area contributed by atoms with Crippen LogP contribution in [0, 0.1) is 5.41 Å². The topological polar surface area (TPSA) is 124 Å². The van der Waals surface area contributed by atoms with Crippen LogP contribution in [0.15, 0.2) is 35.5 Å². The number of aliphatic carboxylic acids is 1. The highest BCUT2D eigenvalue weighted by molar-refractivity contribution is 5.93. The number of carboxylic acids is 1. The molecule has 4 N–H and O–H groups in total. The van der Waals surface area contributed by atoms with Crippen LogP contribution in [0.2, 0.25) is 0 Å². The molecule has 0 saturated carbocycles. The first-order valence-electron chi connectivity index (χ1n) is 7.88. The molecule has 0 aromatic carbocycles. The molecule has 0 bridgehead atoms. The maximum Gasteiger partial charge on any atom is 0.328 e. The lowest BCUT2D eigenvalue weighted by molar-refractivity contribution is -0.142. The van der Waals surface area contributed by atoms with Crippen molar-refractivity contribution < 1.29 is 29.7 Å². The lowest BCUT2D eigenvalue weighted by atomic mass is 9.64. The van der Waals surface area contributed by atoms with Gasteiger partial charge in [0.2, 0.25) is 5.91 Å². The van der Waals surface area contributed by atoms with Crippen molar-refractivity contribution in [2.45, 2.75) is 45.8 Å². The molecule has 25 heavy (non-hydrogen) atoms. The van der Waals surface area contributed by atoms with Crippen LogP contribution in [0.3, 0.4) is 0 Å².